The quantitative estimate of drug-likeness (QED) is 0.787. The number of nitriles is 1. The molecule has 1 aromatic carbocycles. The van der Waals surface area contributed by atoms with E-state index in [2.05, 4.69) is 5.32 Å². The molecule has 1 saturated heterocycles. The summed E-state index contributed by atoms with van der Waals surface area (Å²) in [5, 5.41) is 21.4. The molecule has 2 aromatic rings. The summed E-state index contributed by atoms with van der Waals surface area (Å²) >= 11 is 0. The van der Waals surface area contributed by atoms with Crippen LogP contribution >= 0.6 is 0 Å². The van der Waals surface area contributed by atoms with Crippen molar-refractivity contribution in [2.75, 3.05) is 18.4 Å². The number of hydrogen-bond donors (Lipinski definition) is 2. The van der Waals surface area contributed by atoms with Crippen LogP contribution in [0.1, 0.15) is 18.4 Å². The number of likely N-dealkylation sites (tertiary alicyclic amines) is 1. The highest BCUT2D eigenvalue weighted by Gasteiger charge is 2.32. The summed E-state index contributed by atoms with van der Waals surface area (Å²) in [6.07, 6.45) is -8.45. The van der Waals surface area contributed by atoms with Crippen molar-refractivity contribution in [2.45, 2.75) is 31.4 Å². The molecule has 0 spiro atoms. The second-order valence-electron chi connectivity index (χ2n) is 6.24. The third-order valence-corrected chi connectivity index (χ3v) is 4.61. The molecule has 1 amide bonds. The molecule has 10 heteroatoms. The van der Waals surface area contributed by atoms with Crippen LogP contribution in [0, 0.1) is 11.3 Å². The molecule has 2 heterocycles. The summed E-state index contributed by atoms with van der Waals surface area (Å²) in [5.41, 5.74) is 0.174. The zero-order valence-corrected chi connectivity index (χ0v) is 13.9. The Labute approximate surface area is 151 Å². The molecule has 0 radical (unpaired) electrons. The average molecular weight is 384 g/mol. The van der Waals surface area contributed by atoms with Crippen LogP contribution in [-0.4, -0.2) is 52.4 Å². The summed E-state index contributed by atoms with van der Waals surface area (Å²) in [4.78, 5) is 11.9. The van der Waals surface area contributed by atoms with Gasteiger partial charge < -0.3 is 15.3 Å². The normalized spacial score (nSPS) is 21.3. The summed E-state index contributed by atoms with van der Waals surface area (Å²) < 4.78 is 54.6. The molecular weight excluding hydrogens is 368 g/mol. The van der Waals surface area contributed by atoms with Crippen molar-refractivity contribution in [3.63, 3.8) is 0 Å². The molecule has 6 nitrogen and oxygen atoms in total. The lowest BCUT2D eigenvalue weighted by Crippen LogP contribution is -2.49. The standard InChI is InChI=1S/C17H16F4N4O2/c18-11-8-24(17(26)27)5-4-13(11)23-12-2-1-3-14-10(12)6-9(7-22)25(14)16(21)15(19)20/h1-3,6,11,13,15-16,23H,4-5,8H2,(H,26,27). The van der Waals surface area contributed by atoms with E-state index in [1.54, 1.807) is 12.1 Å². The Kier molecular flexibility index (Phi) is 5.12. The van der Waals surface area contributed by atoms with Crippen molar-refractivity contribution in [2.24, 2.45) is 0 Å². The molecule has 3 atom stereocenters. The first-order valence-electron chi connectivity index (χ1n) is 8.18. The van der Waals surface area contributed by atoms with Gasteiger partial charge in [-0.1, -0.05) is 6.07 Å². The van der Waals surface area contributed by atoms with Crippen molar-refractivity contribution in [3.8, 4) is 6.07 Å². The fourth-order valence-electron chi connectivity index (χ4n) is 3.28. The van der Waals surface area contributed by atoms with E-state index in [0.717, 1.165) is 4.90 Å². The van der Waals surface area contributed by atoms with Gasteiger partial charge in [-0.2, -0.15) is 5.26 Å². The smallest absolute Gasteiger partial charge is 0.407 e. The van der Waals surface area contributed by atoms with Gasteiger partial charge in [0.05, 0.1) is 18.1 Å². The maximum absolute atomic E-state index is 14.3. The van der Waals surface area contributed by atoms with Crippen LogP contribution in [0.4, 0.5) is 28.0 Å². The number of anilines is 1. The Hall–Kier alpha value is -2.96. The van der Waals surface area contributed by atoms with Crippen LogP contribution in [0.2, 0.25) is 0 Å². The molecule has 0 saturated carbocycles. The van der Waals surface area contributed by atoms with Crippen molar-refractivity contribution in [1.29, 1.82) is 5.26 Å². The molecule has 2 N–H and O–H groups in total. The second kappa shape index (κ2) is 7.34. The first-order chi connectivity index (χ1) is 12.8. The van der Waals surface area contributed by atoms with Crippen LogP contribution < -0.4 is 5.32 Å². The lowest BCUT2D eigenvalue weighted by molar-refractivity contribution is 0.0102. The zero-order valence-electron chi connectivity index (χ0n) is 13.9. The monoisotopic (exact) mass is 384 g/mol. The fraction of sp³-hybridized carbons (Fsp3) is 0.412. The number of nitrogens with one attached hydrogen (secondary N) is 1. The van der Waals surface area contributed by atoms with Crippen LogP contribution in [0.5, 0.6) is 0 Å². The molecular formula is C17H16F4N4O2. The number of amides is 1. The van der Waals surface area contributed by atoms with Gasteiger partial charge in [-0.25, -0.2) is 22.4 Å². The maximum atomic E-state index is 14.3. The number of halogens is 4. The van der Waals surface area contributed by atoms with Crippen LogP contribution in [-0.2, 0) is 0 Å². The molecule has 144 valence electrons. The number of aromatic nitrogens is 1. The van der Waals surface area contributed by atoms with Crippen LogP contribution in [0.3, 0.4) is 0 Å². The minimum absolute atomic E-state index is 0.0859. The predicted octanol–water partition coefficient (Wildman–Crippen LogP) is 3.75. The number of carboxylic acid groups (broad SMARTS) is 1. The number of fused-ring (bicyclic) bond motifs is 1. The van der Waals surface area contributed by atoms with Gasteiger partial charge in [-0.05, 0) is 24.6 Å². The molecule has 1 aromatic heterocycles. The number of rotatable bonds is 4. The molecule has 1 fully saturated rings. The lowest BCUT2D eigenvalue weighted by Gasteiger charge is -2.34. The number of benzene rings is 1. The largest absolute Gasteiger partial charge is 0.465 e. The van der Waals surface area contributed by atoms with Gasteiger partial charge in [-0.3, -0.25) is 4.57 Å². The minimum atomic E-state index is -3.31. The number of carbonyl (C=O) groups is 1. The van der Waals surface area contributed by atoms with Gasteiger partial charge in [0.15, 0.2) is 0 Å². The molecule has 3 unspecified atom stereocenters. The summed E-state index contributed by atoms with van der Waals surface area (Å²) in [7, 11) is 0. The highest BCUT2D eigenvalue weighted by Crippen LogP contribution is 2.33. The van der Waals surface area contributed by atoms with Crippen molar-refractivity contribution in [1.82, 2.24) is 9.47 Å². The molecule has 1 aliphatic rings. The summed E-state index contributed by atoms with van der Waals surface area (Å²) in [6.45, 7) is -0.142. The summed E-state index contributed by atoms with van der Waals surface area (Å²) in [6, 6.07) is 6.72. The first kappa shape index (κ1) is 18.8. The lowest BCUT2D eigenvalue weighted by atomic mass is 10.0. The third kappa shape index (κ3) is 3.49. The van der Waals surface area contributed by atoms with E-state index in [-0.39, 0.29) is 30.7 Å². The SMILES string of the molecule is N#Cc1cc2c(NC3CCN(C(=O)O)CC3F)cccc2n1C(F)C(F)F. The maximum Gasteiger partial charge on any atom is 0.407 e. The topological polar surface area (TPSA) is 81.3 Å². The minimum Gasteiger partial charge on any atom is -0.465 e. The number of piperidine rings is 1. The van der Waals surface area contributed by atoms with Crippen molar-refractivity contribution < 1.29 is 27.5 Å². The highest BCUT2D eigenvalue weighted by molar-refractivity contribution is 5.94. The Bertz CT molecular complexity index is 895. The second-order valence-corrected chi connectivity index (χ2v) is 6.24. The molecule has 3 rings (SSSR count). The Morgan fingerprint density at radius 1 is 1.37 bits per heavy atom. The van der Waals surface area contributed by atoms with Crippen LogP contribution in [0.15, 0.2) is 24.3 Å². The van der Waals surface area contributed by atoms with Gasteiger partial charge in [0.2, 0.25) is 6.30 Å². The average Bonchev–Trinajstić information content (AvgIpc) is 3.01. The Morgan fingerprint density at radius 2 is 2.11 bits per heavy atom. The van der Waals surface area contributed by atoms with E-state index in [1.165, 1.54) is 18.2 Å². The van der Waals surface area contributed by atoms with Gasteiger partial charge in [0, 0.05) is 17.6 Å². The molecule has 0 bridgehead atoms. The van der Waals surface area contributed by atoms with Gasteiger partial charge >= 0.3 is 6.09 Å². The van der Waals surface area contributed by atoms with Gasteiger partial charge in [0.25, 0.3) is 6.43 Å². The van der Waals surface area contributed by atoms with E-state index >= 15 is 0 Å². The fourth-order valence-corrected chi connectivity index (χ4v) is 3.28. The van der Waals surface area contributed by atoms with E-state index in [9.17, 15) is 22.4 Å². The van der Waals surface area contributed by atoms with Crippen LogP contribution in [0.25, 0.3) is 10.9 Å². The third-order valence-electron chi connectivity index (χ3n) is 4.61. The first-order valence-corrected chi connectivity index (χ1v) is 8.18. The highest BCUT2D eigenvalue weighted by atomic mass is 19.3. The van der Waals surface area contributed by atoms with E-state index < -0.39 is 31.0 Å². The van der Waals surface area contributed by atoms with Gasteiger partial charge in [-0.15, -0.1) is 0 Å². The molecule has 0 aliphatic carbocycles. The number of nitrogens with zero attached hydrogens (tertiary/aromatic N) is 3. The Morgan fingerprint density at radius 3 is 2.70 bits per heavy atom. The van der Waals surface area contributed by atoms with E-state index in [1.807, 2.05) is 0 Å². The van der Waals surface area contributed by atoms with Gasteiger partial charge in [0.1, 0.15) is 17.9 Å². The molecule has 27 heavy (non-hydrogen) atoms. The summed E-state index contributed by atoms with van der Waals surface area (Å²) in [5.74, 6) is 0. The molecule has 1 aliphatic heterocycles. The van der Waals surface area contributed by atoms with E-state index in [4.69, 9.17) is 10.4 Å². The predicted molar refractivity (Wildman–Crippen MR) is 89.3 cm³/mol. The van der Waals surface area contributed by atoms with Crippen molar-refractivity contribution >= 4 is 22.7 Å². The van der Waals surface area contributed by atoms with Crippen molar-refractivity contribution in [3.05, 3.63) is 30.0 Å². The number of alkyl halides is 4. The zero-order chi connectivity index (χ0) is 19.7. The van der Waals surface area contributed by atoms with E-state index in [0.29, 0.717) is 15.6 Å². The number of hydrogen-bond acceptors (Lipinski definition) is 3. The Balaban J connectivity index is 1.93.